The summed E-state index contributed by atoms with van der Waals surface area (Å²) < 4.78 is 32.4. The molecular formula is C17H18N2O4S. The first kappa shape index (κ1) is 16.5. The highest BCUT2D eigenvalue weighted by atomic mass is 32.2. The highest BCUT2D eigenvalue weighted by Gasteiger charge is 2.33. The van der Waals surface area contributed by atoms with Crippen molar-refractivity contribution in [2.75, 3.05) is 18.6 Å². The van der Waals surface area contributed by atoms with Crippen molar-refractivity contribution in [3.63, 3.8) is 0 Å². The number of hydrogen-bond acceptors (Lipinski definition) is 4. The summed E-state index contributed by atoms with van der Waals surface area (Å²) in [6.45, 7) is 0.303. The molecule has 2 aromatic carbocycles. The number of ether oxygens (including phenoxy) is 1. The Kier molecular flexibility index (Phi) is 4.55. The topological polar surface area (TPSA) is 75.7 Å². The molecule has 0 aromatic heterocycles. The quantitative estimate of drug-likeness (QED) is 0.895. The van der Waals surface area contributed by atoms with Crippen LogP contribution in [0.5, 0.6) is 5.75 Å². The van der Waals surface area contributed by atoms with Gasteiger partial charge in [0.2, 0.25) is 15.9 Å². The molecule has 1 aliphatic rings. The number of carbonyl (C=O) groups excluding carboxylic acids is 1. The maximum Gasteiger partial charge on any atom is 0.240 e. The normalized spacial score (nSPS) is 18.0. The molecule has 1 heterocycles. The van der Waals surface area contributed by atoms with Gasteiger partial charge in [0.15, 0.2) is 0 Å². The van der Waals surface area contributed by atoms with E-state index in [-0.39, 0.29) is 17.2 Å². The van der Waals surface area contributed by atoms with Crippen molar-refractivity contribution in [3.05, 3.63) is 54.6 Å². The van der Waals surface area contributed by atoms with Gasteiger partial charge in [-0.1, -0.05) is 18.2 Å². The molecule has 0 bridgehead atoms. The molecule has 7 heteroatoms. The van der Waals surface area contributed by atoms with Crippen molar-refractivity contribution in [2.24, 2.45) is 0 Å². The standard InChI is InChI=1S/C17H18N2O4S/c1-23-15-9-7-14(8-10-15)19-12-13(11-17(19)20)18-24(21,22)16-5-3-2-4-6-16/h2-10,13,18H,11-12H2,1H3/t13-/m0/s1. The van der Waals surface area contributed by atoms with E-state index in [2.05, 4.69) is 4.72 Å². The molecule has 126 valence electrons. The van der Waals surface area contributed by atoms with E-state index in [1.54, 1.807) is 54.5 Å². The monoisotopic (exact) mass is 346 g/mol. The molecule has 1 saturated heterocycles. The van der Waals surface area contributed by atoms with Gasteiger partial charge < -0.3 is 9.64 Å². The van der Waals surface area contributed by atoms with Gasteiger partial charge >= 0.3 is 0 Å². The van der Waals surface area contributed by atoms with Crippen LogP contribution in [0.25, 0.3) is 0 Å². The number of anilines is 1. The number of sulfonamides is 1. The van der Waals surface area contributed by atoms with Crippen LogP contribution < -0.4 is 14.4 Å². The third-order valence-corrected chi connectivity index (χ3v) is 5.42. The Morgan fingerprint density at radius 1 is 1.08 bits per heavy atom. The van der Waals surface area contributed by atoms with Gasteiger partial charge in [-0.25, -0.2) is 13.1 Å². The van der Waals surface area contributed by atoms with Gasteiger partial charge in [-0.3, -0.25) is 4.79 Å². The molecule has 6 nitrogen and oxygen atoms in total. The van der Waals surface area contributed by atoms with Crippen molar-refractivity contribution < 1.29 is 17.9 Å². The van der Waals surface area contributed by atoms with Crippen LogP contribution in [0.15, 0.2) is 59.5 Å². The molecule has 1 amide bonds. The summed E-state index contributed by atoms with van der Waals surface area (Å²) in [4.78, 5) is 14.0. The fourth-order valence-corrected chi connectivity index (χ4v) is 3.93. The zero-order chi connectivity index (χ0) is 17.2. The van der Waals surface area contributed by atoms with E-state index < -0.39 is 16.1 Å². The van der Waals surface area contributed by atoms with E-state index in [4.69, 9.17) is 4.74 Å². The second-order valence-corrected chi connectivity index (χ2v) is 7.25. The number of nitrogens with one attached hydrogen (secondary N) is 1. The molecule has 1 N–H and O–H groups in total. The maximum absolute atomic E-state index is 12.4. The lowest BCUT2D eigenvalue weighted by molar-refractivity contribution is -0.117. The minimum Gasteiger partial charge on any atom is -0.497 e. The largest absolute Gasteiger partial charge is 0.497 e. The second kappa shape index (κ2) is 6.62. The van der Waals surface area contributed by atoms with Gasteiger partial charge in [-0.2, -0.15) is 0 Å². The highest BCUT2D eigenvalue weighted by Crippen LogP contribution is 2.24. The number of hydrogen-bond donors (Lipinski definition) is 1. The van der Waals surface area contributed by atoms with E-state index in [1.165, 1.54) is 12.1 Å². The van der Waals surface area contributed by atoms with Gasteiger partial charge in [-0.15, -0.1) is 0 Å². The SMILES string of the molecule is COc1ccc(N2C[C@@H](NS(=O)(=O)c3ccccc3)CC2=O)cc1. The van der Waals surface area contributed by atoms with Crippen LogP contribution in [0.2, 0.25) is 0 Å². The van der Waals surface area contributed by atoms with E-state index in [0.717, 1.165) is 5.69 Å². The number of methoxy groups -OCH3 is 1. The molecule has 1 atom stereocenters. The third kappa shape index (κ3) is 3.42. The zero-order valence-electron chi connectivity index (χ0n) is 13.2. The van der Waals surface area contributed by atoms with Gasteiger partial charge in [0.05, 0.1) is 12.0 Å². The number of amides is 1. The van der Waals surface area contributed by atoms with Crippen LogP contribution >= 0.6 is 0 Å². The predicted octanol–water partition coefficient (Wildman–Crippen LogP) is 1.78. The molecule has 24 heavy (non-hydrogen) atoms. The molecule has 0 aliphatic carbocycles. The first-order valence-electron chi connectivity index (χ1n) is 7.51. The Bertz CT molecular complexity index is 819. The fraction of sp³-hybridized carbons (Fsp3) is 0.235. The van der Waals surface area contributed by atoms with Crippen molar-refractivity contribution in [1.29, 1.82) is 0 Å². The third-order valence-electron chi connectivity index (χ3n) is 3.88. The Hall–Kier alpha value is -2.38. The maximum atomic E-state index is 12.4. The van der Waals surface area contributed by atoms with Crippen molar-refractivity contribution in [2.45, 2.75) is 17.4 Å². The number of carbonyl (C=O) groups is 1. The summed E-state index contributed by atoms with van der Waals surface area (Å²) in [5.74, 6) is 0.590. The van der Waals surface area contributed by atoms with E-state index in [1.807, 2.05) is 0 Å². The molecule has 0 spiro atoms. The van der Waals surface area contributed by atoms with E-state index in [9.17, 15) is 13.2 Å². The van der Waals surface area contributed by atoms with Gasteiger partial charge in [0, 0.05) is 24.7 Å². The Morgan fingerprint density at radius 2 is 1.75 bits per heavy atom. The lowest BCUT2D eigenvalue weighted by Crippen LogP contribution is -2.37. The smallest absolute Gasteiger partial charge is 0.240 e. The van der Waals surface area contributed by atoms with Gasteiger partial charge in [0.25, 0.3) is 0 Å². The number of rotatable bonds is 5. The zero-order valence-corrected chi connectivity index (χ0v) is 14.0. The van der Waals surface area contributed by atoms with Crippen LogP contribution in [0.4, 0.5) is 5.69 Å². The molecule has 2 aromatic rings. The predicted molar refractivity (Wildman–Crippen MR) is 90.5 cm³/mol. The minimum absolute atomic E-state index is 0.110. The Labute approximate surface area is 141 Å². The van der Waals surface area contributed by atoms with Gasteiger partial charge in [-0.05, 0) is 36.4 Å². The summed E-state index contributed by atoms with van der Waals surface area (Å²) >= 11 is 0. The van der Waals surface area contributed by atoms with Crippen molar-refractivity contribution in [3.8, 4) is 5.75 Å². The fourth-order valence-electron chi connectivity index (χ4n) is 2.69. The summed E-state index contributed by atoms with van der Waals surface area (Å²) in [6.07, 6.45) is 0.137. The minimum atomic E-state index is -3.63. The van der Waals surface area contributed by atoms with Gasteiger partial charge in [0.1, 0.15) is 5.75 Å². The molecular weight excluding hydrogens is 328 g/mol. The molecule has 1 fully saturated rings. The lowest BCUT2D eigenvalue weighted by Gasteiger charge is -2.17. The van der Waals surface area contributed by atoms with Crippen LogP contribution in [-0.4, -0.2) is 34.0 Å². The Balaban J connectivity index is 1.72. The van der Waals surface area contributed by atoms with Crippen LogP contribution in [0, 0.1) is 0 Å². The summed E-state index contributed by atoms with van der Waals surface area (Å²) in [5.41, 5.74) is 0.724. The molecule has 0 radical (unpaired) electrons. The number of nitrogens with zero attached hydrogens (tertiary/aromatic N) is 1. The lowest BCUT2D eigenvalue weighted by atomic mass is 10.3. The van der Waals surface area contributed by atoms with E-state index in [0.29, 0.717) is 12.3 Å². The summed E-state index contributed by atoms with van der Waals surface area (Å²) in [6, 6.07) is 14.8. The van der Waals surface area contributed by atoms with Crippen LogP contribution in [0.3, 0.4) is 0 Å². The summed E-state index contributed by atoms with van der Waals surface area (Å²) in [7, 11) is -2.06. The Morgan fingerprint density at radius 3 is 2.38 bits per heavy atom. The first-order valence-corrected chi connectivity index (χ1v) is 9.00. The molecule has 0 saturated carbocycles. The molecule has 3 rings (SSSR count). The second-order valence-electron chi connectivity index (χ2n) is 5.54. The van der Waals surface area contributed by atoms with Crippen LogP contribution in [-0.2, 0) is 14.8 Å². The average Bonchev–Trinajstić information content (AvgIpc) is 2.95. The first-order chi connectivity index (χ1) is 11.5. The van der Waals surface area contributed by atoms with E-state index >= 15 is 0 Å². The average molecular weight is 346 g/mol. The number of benzene rings is 2. The molecule has 1 aliphatic heterocycles. The highest BCUT2D eigenvalue weighted by molar-refractivity contribution is 7.89. The molecule has 0 unspecified atom stereocenters. The van der Waals surface area contributed by atoms with Crippen molar-refractivity contribution in [1.82, 2.24) is 4.72 Å². The van der Waals surface area contributed by atoms with Crippen LogP contribution in [0.1, 0.15) is 6.42 Å². The summed E-state index contributed by atoms with van der Waals surface area (Å²) in [5, 5.41) is 0. The van der Waals surface area contributed by atoms with Crippen molar-refractivity contribution >= 4 is 21.6 Å².